The number of rotatable bonds is 5. The van der Waals surface area contributed by atoms with E-state index >= 15 is 0 Å². The van der Waals surface area contributed by atoms with Crippen LogP contribution in [0.5, 0.6) is 5.75 Å². The van der Waals surface area contributed by atoms with E-state index in [0.29, 0.717) is 5.92 Å². The van der Waals surface area contributed by atoms with Gasteiger partial charge in [-0.1, -0.05) is 42.0 Å². The summed E-state index contributed by atoms with van der Waals surface area (Å²) >= 11 is 0. The van der Waals surface area contributed by atoms with Gasteiger partial charge in [0.25, 0.3) is 0 Å². The highest BCUT2D eigenvalue weighted by Gasteiger charge is 2.49. The summed E-state index contributed by atoms with van der Waals surface area (Å²) in [7, 11) is 0. The van der Waals surface area contributed by atoms with E-state index in [9.17, 15) is 9.90 Å². The SMILES string of the molecule is CC(C)=CCC[C@@]1(C)Oc2c(-c3cccc(C(=O)O)c3)cccc2[C@@H]2O[C@H](C)CC[C@H]21. The Balaban J connectivity index is 1.80. The second kappa shape index (κ2) is 8.51. The highest BCUT2D eigenvalue weighted by atomic mass is 16.5. The van der Waals surface area contributed by atoms with E-state index < -0.39 is 5.97 Å². The topological polar surface area (TPSA) is 55.8 Å². The Kier molecular flexibility index (Phi) is 5.94. The van der Waals surface area contributed by atoms with Crippen molar-refractivity contribution in [3.8, 4) is 16.9 Å². The zero-order valence-electron chi connectivity index (χ0n) is 18.9. The lowest BCUT2D eigenvalue weighted by atomic mass is 9.72. The summed E-state index contributed by atoms with van der Waals surface area (Å²) < 4.78 is 13.3. The van der Waals surface area contributed by atoms with Crippen molar-refractivity contribution in [2.24, 2.45) is 5.92 Å². The first-order chi connectivity index (χ1) is 14.8. The van der Waals surface area contributed by atoms with Gasteiger partial charge in [0.2, 0.25) is 0 Å². The molecule has 4 atom stereocenters. The van der Waals surface area contributed by atoms with Crippen LogP contribution in [0.2, 0.25) is 0 Å². The average Bonchev–Trinajstić information content (AvgIpc) is 2.73. The van der Waals surface area contributed by atoms with Gasteiger partial charge >= 0.3 is 5.97 Å². The molecule has 4 rings (SSSR count). The first kappa shape index (κ1) is 21.6. The number of aromatic carboxylic acids is 1. The molecule has 0 unspecified atom stereocenters. The van der Waals surface area contributed by atoms with E-state index in [2.05, 4.69) is 39.8 Å². The lowest BCUT2D eigenvalue weighted by molar-refractivity contribution is -0.151. The summed E-state index contributed by atoms with van der Waals surface area (Å²) in [6.45, 7) is 8.62. The van der Waals surface area contributed by atoms with Crippen LogP contribution in [0.4, 0.5) is 0 Å². The van der Waals surface area contributed by atoms with Crippen molar-refractivity contribution in [2.45, 2.75) is 71.2 Å². The van der Waals surface area contributed by atoms with E-state index in [1.807, 2.05) is 18.2 Å². The number of fused-ring (bicyclic) bond motifs is 3. The Hall–Kier alpha value is -2.59. The summed E-state index contributed by atoms with van der Waals surface area (Å²) in [5.41, 5.74) is 4.10. The van der Waals surface area contributed by atoms with Crippen LogP contribution in [0, 0.1) is 5.92 Å². The van der Waals surface area contributed by atoms with Crippen LogP contribution in [-0.2, 0) is 4.74 Å². The van der Waals surface area contributed by atoms with Gasteiger partial charge in [-0.25, -0.2) is 4.79 Å². The number of benzene rings is 2. The van der Waals surface area contributed by atoms with Crippen molar-refractivity contribution in [1.82, 2.24) is 0 Å². The summed E-state index contributed by atoms with van der Waals surface area (Å²) in [5.74, 6) is 0.200. The minimum Gasteiger partial charge on any atom is -0.486 e. The van der Waals surface area contributed by atoms with Crippen molar-refractivity contribution in [1.29, 1.82) is 0 Å². The molecule has 0 spiro atoms. The van der Waals surface area contributed by atoms with Gasteiger partial charge < -0.3 is 14.6 Å². The summed E-state index contributed by atoms with van der Waals surface area (Å²) in [5, 5.41) is 9.45. The number of carbonyl (C=O) groups is 1. The summed E-state index contributed by atoms with van der Waals surface area (Å²) in [4.78, 5) is 11.5. The van der Waals surface area contributed by atoms with Crippen molar-refractivity contribution in [3.05, 3.63) is 65.2 Å². The second-order valence-electron chi connectivity index (χ2n) is 9.40. The van der Waals surface area contributed by atoms with E-state index in [1.54, 1.807) is 18.2 Å². The van der Waals surface area contributed by atoms with Crippen LogP contribution in [-0.4, -0.2) is 22.8 Å². The van der Waals surface area contributed by atoms with Crippen molar-refractivity contribution in [2.75, 3.05) is 0 Å². The molecule has 4 nitrogen and oxygen atoms in total. The van der Waals surface area contributed by atoms with E-state index in [0.717, 1.165) is 48.1 Å². The van der Waals surface area contributed by atoms with Crippen LogP contribution in [0.25, 0.3) is 11.1 Å². The maximum absolute atomic E-state index is 11.5. The number of carboxylic acid groups (broad SMARTS) is 1. The zero-order chi connectivity index (χ0) is 22.2. The smallest absolute Gasteiger partial charge is 0.335 e. The number of para-hydroxylation sites is 1. The van der Waals surface area contributed by atoms with Crippen LogP contribution >= 0.6 is 0 Å². The average molecular weight is 421 g/mol. The minimum atomic E-state index is -0.927. The normalized spacial score (nSPS) is 26.9. The molecule has 2 aliphatic heterocycles. The Bertz CT molecular complexity index is 1000. The van der Waals surface area contributed by atoms with Crippen molar-refractivity contribution < 1.29 is 19.4 Å². The van der Waals surface area contributed by atoms with Gasteiger partial charge in [-0.3, -0.25) is 0 Å². The third kappa shape index (κ3) is 4.27. The molecule has 1 fully saturated rings. The van der Waals surface area contributed by atoms with Gasteiger partial charge in [0.1, 0.15) is 11.4 Å². The minimum absolute atomic E-state index is 0.00758. The molecule has 1 N–H and O–H groups in total. The second-order valence-corrected chi connectivity index (χ2v) is 9.40. The fourth-order valence-electron chi connectivity index (χ4n) is 5.03. The third-order valence-corrected chi connectivity index (χ3v) is 6.71. The molecule has 2 heterocycles. The molecular formula is C27H32O4. The Morgan fingerprint density at radius 2 is 1.97 bits per heavy atom. The van der Waals surface area contributed by atoms with Gasteiger partial charge in [0.05, 0.1) is 17.8 Å². The van der Waals surface area contributed by atoms with Crippen molar-refractivity contribution >= 4 is 5.97 Å². The number of allylic oxidation sites excluding steroid dienone is 2. The van der Waals surface area contributed by atoms with Crippen LogP contribution in [0.1, 0.15) is 75.4 Å². The van der Waals surface area contributed by atoms with E-state index in [-0.39, 0.29) is 23.4 Å². The molecule has 0 aromatic heterocycles. The molecule has 2 aromatic rings. The Morgan fingerprint density at radius 3 is 2.71 bits per heavy atom. The molecule has 0 amide bonds. The predicted molar refractivity (Wildman–Crippen MR) is 123 cm³/mol. The Morgan fingerprint density at radius 1 is 1.19 bits per heavy atom. The lowest BCUT2D eigenvalue weighted by Gasteiger charge is -2.50. The molecule has 2 aromatic carbocycles. The quantitative estimate of drug-likeness (QED) is 0.540. The molecule has 1 saturated heterocycles. The molecule has 164 valence electrons. The number of hydrogen-bond acceptors (Lipinski definition) is 3. The standard InChI is InChI=1S/C27H32O4/c1-17(2)8-7-15-27(4)23-14-13-18(3)30-25(23)22-12-6-11-21(24(22)31-27)19-9-5-10-20(16-19)26(28)29/h5-6,8-12,16,18,23,25H,7,13-15H2,1-4H3,(H,28,29)/t18-,23-,25+,27-/m1/s1. The monoisotopic (exact) mass is 420 g/mol. The number of hydrogen-bond donors (Lipinski definition) is 1. The van der Waals surface area contributed by atoms with Gasteiger partial charge in [0.15, 0.2) is 0 Å². The van der Waals surface area contributed by atoms with Gasteiger partial charge in [-0.2, -0.15) is 0 Å². The molecule has 0 aliphatic carbocycles. The number of ether oxygens (including phenoxy) is 2. The highest BCUT2D eigenvalue weighted by molar-refractivity contribution is 5.90. The van der Waals surface area contributed by atoms with Gasteiger partial charge in [-0.05, 0) is 71.1 Å². The molecule has 0 saturated carbocycles. The van der Waals surface area contributed by atoms with E-state index in [1.165, 1.54) is 5.57 Å². The maximum Gasteiger partial charge on any atom is 0.335 e. The largest absolute Gasteiger partial charge is 0.486 e. The zero-order valence-corrected chi connectivity index (χ0v) is 18.9. The molecular weight excluding hydrogens is 388 g/mol. The molecule has 2 aliphatic rings. The molecule has 4 heteroatoms. The van der Waals surface area contributed by atoms with Crippen molar-refractivity contribution in [3.63, 3.8) is 0 Å². The number of carboxylic acids is 1. The predicted octanol–water partition coefficient (Wildman–Crippen LogP) is 6.81. The molecule has 31 heavy (non-hydrogen) atoms. The Labute approximate surface area is 184 Å². The van der Waals surface area contributed by atoms with Crippen LogP contribution in [0.15, 0.2) is 54.1 Å². The first-order valence-corrected chi connectivity index (χ1v) is 11.2. The van der Waals surface area contributed by atoms with Crippen LogP contribution in [0.3, 0.4) is 0 Å². The van der Waals surface area contributed by atoms with Crippen LogP contribution < -0.4 is 4.74 Å². The fourth-order valence-corrected chi connectivity index (χ4v) is 5.03. The molecule has 0 radical (unpaired) electrons. The summed E-state index contributed by atoms with van der Waals surface area (Å²) in [6, 6.07) is 13.2. The fraction of sp³-hybridized carbons (Fsp3) is 0.444. The van der Waals surface area contributed by atoms with E-state index in [4.69, 9.17) is 9.47 Å². The first-order valence-electron chi connectivity index (χ1n) is 11.2. The molecule has 0 bridgehead atoms. The maximum atomic E-state index is 11.5. The van der Waals surface area contributed by atoms with Gasteiger partial charge in [0, 0.05) is 17.0 Å². The highest BCUT2D eigenvalue weighted by Crippen LogP contribution is 2.54. The van der Waals surface area contributed by atoms with Gasteiger partial charge in [-0.15, -0.1) is 0 Å². The third-order valence-electron chi connectivity index (χ3n) is 6.71. The summed E-state index contributed by atoms with van der Waals surface area (Å²) in [6.07, 6.45) is 6.48. The lowest BCUT2D eigenvalue weighted by Crippen LogP contribution is -2.50.